The molecule has 13 heteroatoms. The van der Waals surface area contributed by atoms with Crippen LogP contribution in [0.3, 0.4) is 0 Å². The molecule has 1 fully saturated rings. The summed E-state index contributed by atoms with van der Waals surface area (Å²) in [6, 6.07) is 13.8. The van der Waals surface area contributed by atoms with Crippen LogP contribution in [0.5, 0.6) is 0 Å². The van der Waals surface area contributed by atoms with Gasteiger partial charge in [-0.05, 0) is 54.6 Å². The molecular formula is C23H21ClF3N5O3S. The van der Waals surface area contributed by atoms with Gasteiger partial charge in [0.2, 0.25) is 10.0 Å². The average Bonchev–Trinajstić information content (AvgIpc) is 2.83. The second-order valence-electron chi connectivity index (χ2n) is 8.03. The maximum Gasteiger partial charge on any atom is 0.416 e. The topological polar surface area (TPSA) is 109 Å². The number of rotatable bonds is 5. The number of nitrogens with one attached hydrogen (secondary N) is 1. The first kappa shape index (κ1) is 25.7. The Kier molecular flexibility index (Phi) is 7.12. The maximum absolute atomic E-state index is 13.1. The van der Waals surface area contributed by atoms with Crippen molar-refractivity contribution < 1.29 is 26.4 Å². The Morgan fingerprint density at radius 2 is 1.67 bits per heavy atom. The number of nitrogen functional groups attached to an aromatic ring is 1. The summed E-state index contributed by atoms with van der Waals surface area (Å²) < 4.78 is 66.7. The molecule has 0 unspecified atom stereocenters. The SMILES string of the molecule is Nc1cccc(C(=O)Nc2ccc(S(=O)(=O)N3CCN(c4cc(C(F)(F)F)cc(Cl)n4)CC3)cc2)c1. The van der Waals surface area contributed by atoms with Gasteiger partial charge in [-0.3, -0.25) is 4.79 Å². The monoisotopic (exact) mass is 539 g/mol. The largest absolute Gasteiger partial charge is 0.416 e. The molecule has 1 amide bonds. The van der Waals surface area contributed by atoms with Crippen LogP contribution in [0, 0.1) is 0 Å². The zero-order valence-corrected chi connectivity index (χ0v) is 20.2. The molecule has 1 aliphatic heterocycles. The molecule has 190 valence electrons. The van der Waals surface area contributed by atoms with Crippen LogP contribution in [0.4, 0.5) is 30.4 Å². The van der Waals surface area contributed by atoms with Crippen LogP contribution in [0.1, 0.15) is 15.9 Å². The van der Waals surface area contributed by atoms with Gasteiger partial charge < -0.3 is 16.0 Å². The van der Waals surface area contributed by atoms with Crippen LogP contribution in [0.25, 0.3) is 0 Å². The number of hydrogen-bond donors (Lipinski definition) is 2. The molecule has 0 radical (unpaired) electrons. The number of halogens is 4. The highest BCUT2D eigenvalue weighted by Gasteiger charge is 2.33. The van der Waals surface area contributed by atoms with Gasteiger partial charge in [0.05, 0.1) is 10.5 Å². The van der Waals surface area contributed by atoms with Crippen molar-refractivity contribution >= 4 is 44.7 Å². The minimum Gasteiger partial charge on any atom is -0.399 e. The molecule has 4 rings (SSSR count). The fourth-order valence-electron chi connectivity index (χ4n) is 3.71. The molecule has 2 heterocycles. The minimum atomic E-state index is -4.58. The van der Waals surface area contributed by atoms with Crippen LogP contribution in [0.15, 0.2) is 65.6 Å². The number of pyridine rings is 1. The molecule has 0 spiro atoms. The number of benzene rings is 2. The Balaban J connectivity index is 1.42. The van der Waals surface area contributed by atoms with E-state index in [-0.39, 0.29) is 42.0 Å². The molecule has 2 aromatic carbocycles. The Hall–Kier alpha value is -3.35. The number of carbonyl (C=O) groups excluding carboxylic acids is 1. The summed E-state index contributed by atoms with van der Waals surface area (Å²) in [4.78, 5) is 17.9. The summed E-state index contributed by atoms with van der Waals surface area (Å²) >= 11 is 5.77. The number of sulfonamides is 1. The smallest absolute Gasteiger partial charge is 0.399 e. The zero-order chi connectivity index (χ0) is 26.1. The predicted octanol–water partition coefficient (Wildman–Crippen LogP) is 4.10. The van der Waals surface area contributed by atoms with E-state index in [0.717, 1.165) is 12.1 Å². The summed E-state index contributed by atoms with van der Waals surface area (Å²) in [5.41, 5.74) is 5.98. The van der Waals surface area contributed by atoms with E-state index in [9.17, 15) is 26.4 Å². The minimum absolute atomic E-state index is 0.0261. The highest BCUT2D eigenvalue weighted by molar-refractivity contribution is 7.89. The lowest BCUT2D eigenvalue weighted by Gasteiger charge is -2.35. The van der Waals surface area contributed by atoms with Crippen LogP contribution in [-0.4, -0.2) is 49.8 Å². The van der Waals surface area contributed by atoms with Gasteiger partial charge in [-0.2, -0.15) is 17.5 Å². The van der Waals surface area contributed by atoms with Gasteiger partial charge in [-0.15, -0.1) is 0 Å². The molecule has 3 N–H and O–H groups in total. The first-order valence-electron chi connectivity index (χ1n) is 10.7. The molecular weight excluding hydrogens is 519 g/mol. The van der Waals surface area contributed by atoms with E-state index >= 15 is 0 Å². The molecule has 1 aliphatic rings. The summed E-state index contributed by atoms with van der Waals surface area (Å²) in [6.07, 6.45) is -4.58. The molecule has 0 saturated carbocycles. The van der Waals surface area contributed by atoms with E-state index in [2.05, 4.69) is 10.3 Å². The molecule has 0 atom stereocenters. The third-order valence-corrected chi connectivity index (χ3v) is 7.68. The summed E-state index contributed by atoms with van der Waals surface area (Å²) in [6.45, 7) is 0.369. The van der Waals surface area contributed by atoms with Crippen LogP contribution >= 0.6 is 11.6 Å². The van der Waals surface area contributed by atoms with Crippen molar-refractivity contribution in [2.24, 2.45) is 0 Å². The van der Waals surface area contributed by atoms with E-state index in [1.54, 1.807) is 23.1 Å². The zero-order valence-electron chi connectivity index (χ0n) is 18.7. The molecule has 8 nitrogen and oxygen atoms in total. The fraction of sp³-hybridized carbons (Fsp3) is 0.217. The lowest BCUT2D eigenvalue weighted by atomic mass is 10.2. The van der Waals surface area contributed by atoms with Crippen molar-refractivity contribution in [3.63, 3.8) is 0 Å². The van der Waals surface area contributed by atoms with Gasteiger partial charge >= 0.3 is 6.18 Å². The Morgan fingerprint density at radius 3 is 2.28 bits per heavy atom. The lowest BCUT2D eigenvalue weighted by molar-refractivity contribution is -0.137. The van der Waals surface area contributed by atoms with Gasteiger partial charge in [0.1, 0.15) is 11.0 Å². The summed E-state index contributed by atoms with van der Waals surface area (Å²) in [5, 5.41) is 2.39. The number of hydrogen-bond acceptors (Lipinski definition) is 6. The van der Waals surface area contributed by atoms with Crippen molar-refractivity contribution in [1.29, 1.82) is 0 Å². The first-order chi connectivity index (χ1) is 16.9. The predicted molar refractivity (Wildman–Crippen MR) is 130 cm³/mol. The van der Waals surface area contributed by atoms with Crippen molar-refractivity contribution in [1.82, 2.24) is 9.29 Å². The number of amides is 1. The third kappa shape index (κ3) is 5.72. The maximum atomic E-state index is 13.1. The van der Waals surface area contributed by atoms with Crippen molar-refractivity contribution in [2.45, 2.75) is 11.1 Å². The summed E-state index contributed by atoms with van der Waals surface area (Å²) in [7, 11) is -3.86. The highest BCUT2D eigenvalue weighted by Crippen LogP contribution is 2.33. The number of alkyl halides is 3. The van der Waals surface area contributed by atoms with E-state index in [4.69, 9.17) is 17.3 Å². The number of nitrogens with two attached hydrogens (primary N) is 1. The first-order valence-corrected chi connectivity index (χ1v) is 12.5. The second kappa shape index (κ2) is 9.96. The normalized spacial score (nSPS) is 15.1. The van der Waals surface area contributed by atoms with Crippen LogP contribution < -0.4 is 16.0 Å². The van der Waals surface area contributed by atoms with E-state index < -0.39 is 27.7 Å². The lowest BCUT2D eigenvalue weighted by Crippen LogP contribution is -2.49. The third-order valence-electron chi connectivity index (χ3n) is 5.57. The molecule has 36 heavy (non-hydrogen) atoms. The molecule has 1 aromatic heterocycles. The van der Waals surface area contributed by atoms with Crippen LogP contribution in [-0.2, 0) is 16.2 Å². The quantitative estimate of drug-likeness (QED) is 0.373. The van der Waals surface area contributed by atoms with E-state index in [0.29, 0.717) is 16.9 Å². The number of nitrogens with zero attached hydrogens (tertiary/aromatic N) is 3. The number of aromatic nitrogens is 1. The van der Waals surface area contributed by atoms with Crippen LogP contribution in [0.2, 0.25) is 5.15 Å². The second-order valence-corrected chi connectivity index (χ2v) is 10.4. The van der Waals surface area contributed by atoms with Crippen molar-refractivity contribution in [3.05, 3.63) is 76.9 Å². The number of piperazine rings is 1. The van der Waals surface area contributed by atoms with Gasteiger partial charge in [0.15, 0.2) is 0 Å². The molecule has 1 saturated heterocycles. The number of anilines is 3. The van der Waals surface area contributed by atoms with E-state index in [1.807, 2.05) is 0 Å². The van der Waals surface area contributed by atoms with Gasteiger partial charge in [0.25, 0.3) is 5.91 Å². The number of carbonyl (C=O) groups is 1. The molecule has 3 aromatic rings. The Morgan fingerprint density at radius 1 is 1.00 bits per heavy atom. The van der Waals surface area contributed by atoms with Gasteiger partial charge in [0, 0.05) is 43.1 Å². The Labute approximate surface area is 210 Å². The van der Waals surface area contributed by atoms with Crippen molar-refractivity contribution in [3.8, 4) is 0 Å². The average molecular weight is 540 g/mol. The molecule has 0 aliphatic carbocycles. The Bertz CT molecular complexity index is 1380. The fourth-order valence-corrected chi connectivity index (χ4v) is 5.34. The van der Waals surface area contributed by atoms with E-state index in [1.165, 1.54) is 34.6 Å². The highest BCUT2D eigenvalue weighted by atomic mass is 35.5. The summed E-state index contributed by atoms with van der Waals surface area (Å²) in [5.74, 6) is -0.357. The standard InChI is InChI=1S/C23H21ClF3N5O3S/c24-20-13-16(23(25,26)27)14-21(30-20)31-8-10-32(11-9-31)36(34,35)19-6-4-18(5-7-19)29-22(33)15-2-1-3-17(28)12-15/h1-7,12-14H,8-11,28H2,(H,29,33). The molecule has 0 bridgehead atoms. The van der Waals surface area contributed by atoms with Gasteiger partial charge in [-0.1, -0.05) is 17.7 Å². The van der Waals surface area contributed by atoms with Gasteiger partial charge in [-0.25, -0.2) is 13.4 Å². The van der Waals surface area contributed by atoms with Crippen molar-refractivity contribution in [2.75, 3.05) is 42.1 Å².